The fourth-order valence-corrected chi connectivity index (χ4v) is 3.38. The second kappa shape index (κ2) is 9.91. The Bertz CT molecular complexity index is 833. The van der Waals surface area contributed by atoms with Crippen molar-refractivity contribution in [2.45, 2.75) is 25.7 Å². The summed E-state index contributed by atoms with van der Waals surface area (Å²) < 4.78 is 18.5. The Kier molecular flexibility index (Phi) is 7.05. The number of anilines is 2. The third kappa shape index (κ3) is 6.20. The Morgan fingerprint density at radius 2 is 1.86 bits per heavy atom. The van der Waals surface area contributed by atoms with Crippen molar-refractivity contribution in [2.24, 2.45) is 11.7 Å². The van der Waals surface area contributed by atoms with Crippen LogP contribution in [0.3, 0.4) is 0 Å². The molecule has 0 atom stereocenters. The summed E-state index contributed by atoms with van der Waals surface area (Å²) in [5, 5.41) is 2.87. The molecular weight excluding hydrogens is 373 g/mol. The van der Waals surface area contributed by atoms with Crippen LogP contribution in [0.25, 0.3) is 0 Å². The number of ether oxygens (including phenoxy) is 1. The number of piperidine rings is 1. The lowest BCUT2D eigenvalue weighted by Crippen LogP contribution is -2.38. The molecule has 1 fully saturated rings. The number of rotatable bonds is 8. The first-order valence-electron chi connectivity index (χ1n) is 9.84. The molecule has 6 nitrogen and oxygen atoms in total. The SMILES string of the molecule is NC(=O)C1CCN(c2ccc(NC(=O)CCCOc3cccc(F)c3)cc2)CC1. The van der Waals surface area contributed by atoms with Crippen LogP contribution in [0.4, 0.5) is 15.8 Å². The van der Waals surface area contributed by atoms with Gasteiger partial charge >= 0.3 is 0 Å². The number of benzene rings is 2. The zero-order chi connectivity index (χ0) is 20.6. The van der Waals surface area contributed by atoms with Crippen molar-refractivity contribution >= 4 is 23.2 Å². The third-order valence-corrected chi connectivity index (χ3v) is 5.03. The smallest absolute Gasteiger partial charge is 0.224 e. The lowest BCUT2D eigenvalue weighted by molar-refractivity contribution is -0.122. The van der Waals surface area contributed by atoms with Crippen molar-refractivity contribution in [3.05, 3.63) is 54.3 Å². The molecule has 0 unspecified atom stereocenters. The zero-order valence-electron chi connectivity index (χ0n) is 16.3. The molecule has 0 aromatic heterocycles. The lowest BCUT2D eigenvalue weighted by Gasteiger charge is -2.32. The number of nitrogens with two attached hydrogens (primary N) is 1. The molecule has 1 aliphatic heterocycles. The Morgan fingerprint density at radius 1 is 1.14 bits per heavy atom. The number of carbonyl (C=O) groups excluding carboxylic acids is 2. The van der Waals surface area contributed by atoms with Crippen LogP contribution in [-0.2, 0) is 9.59 Å². The molecule has 0 saturated carbocycles. The molecule has 3 N–H and O–H groups in total. The number of primary amides is 1. The van der Waals surface area contributed by atoms with E-state index in [-0.39, 0.29) is 23.5 Å². The first-order valence-corrected chi connectivity index (χ1v) is 9.84. The minimum Gasteiger partial charge on any atom is -0.493 e. The molecule has 29 heavy (non-hydrogen) atoms. The van der Waals surface area contributed by atoms with E-state index in [9.17, 15) is 14.0 Å². The number of nitrogens with zero attached hydrogens (tertiary/aromatic N) is 1. The van der Waals surface area contributed by atoms with Gasteiger partial charge in [-0.3, -0.25) is 9.59 Å². The van der Waals surface area contributed by atoms with Crippen molar-refractivity contribution in [1.29, 1.82) is 0 Å². The number of nitrogens with one attached hydrogen (secondary N) is 1. The third-order valence-electron chi connectivity index (χ3n) is 5.03. The van der Waals surface area contributed by atoms with Gasteiger partial charge in [0.2, 0.25) is 11.8 Å². The van der Waals surface area contributed by atoms with Gasteiger partial charge in [-0.15, -0.1) is 0 Å². The molecule has 7 heteroatoms. The maximum absolute atomic E-state index is 13.1. The van der Waals surface area contributed by atoms with Gasteiger partial charge in [0, 0.05) is 42.9 Å². The summed E-state index contributed by atoms with van der Waals surface area (Å²) in [6.07, 6.45) is 2.39. The highest BCUT2D eigenvalue weighted by atomic mass is 19.1. The van der Waals surface area contributed by atoms with Gasteiger partial charge in [0.1, 0.15) is 11.6 Å². The summed E-state index contributed by atoms with van der Waals surface area (Å²) in [5.41, 5.74) is 7.17. The number of hydrogen-bond donors (Lipinski definition) is 2. The summed E-state index contributed by atoms with van der Waals surface area (Å²) in [6.45, 7) is 1.94. The topological polar surface area (TPSA) is 84.7 Å². The van der Waals surface area contributed by atoms with Crippen molar-refractivity contribution in [3.63, 3.8) is 0 Å². The molecule has 0 radical (unpaired) electrons. The van der Waals surface area contributed by atoms with E-state index in [0.29, 0.717) is 25.2 Å². The molecule has 0 spiro atoms. The maximum atomic E-state index is 13.1. The molecule has 0 bridgehead atoms. The normalized spacial score (nSPS) is 14.4. The second-order valence-corrected chi connectivity index (χ2v) is 7.17. The summed E-state index contributed by atoms with van der Waals surface area (Å²) in [5.74, 6) is -0.233. The largest absolute Gasteiger partial charge is 0.493 e. The molecule has 2 aromatic rings. The van der Waals surface area contributed by atoms with Crippen LogP contribution < -0.4 is 20.7 Å². The molecule has 154 valence electrons. The van der Waals surface area contributed by atoms with Crippen molar-refractivity contribution in [3.8, 4) is 5.75 Å². The summed E-state index contributed by atoms with van der Waals surface area (Å²) in [6, 6.07) is 13.6. The van der Waals surface area contributed by atoms with Gasteiger partial charge in [0.25, 0.3) is 0 Å². The van der Waals surface area contributed by atoms with Crippen LogP contribution in [0.15, 0.2) is 48.5 Å². The van der Waals surface area contributed by atoms with Crippen LogP contribution in [0, 0.1) is 11.7 Å². The Labute approximate surface area is 169 Å². The Hall–Kier alpha value is -3.09. The van der Waals surface area contributed by atoms with Gasteiger partial charge in [-0.05, 0) is 55.7 Å². The average Bonchev–Trinajstić information content (AvgIpc) is 2.72. The highest BCUT2D eigenvalue weighted by Crippen LogP contribution is 2.24. The van der Waals surface area contributed by atoms with Gasteiger partial charge in [-0.1, -0.05) is 6.07 Å². The predicted octanol–water partition coefficient (Wildman–Crippen LogP) is 3.33. The minimum absolute atomic E-state index is 0.0327. The van der Waals surface area contributed by atoms with E-state index in [1.165, 1.54) is 12.1 Å². The molecule has 2 amide bonds. The number of hydrogen-bond acceptors (Lipinski definition) is 4. The molecule has 1 heterocycles. The van der Waals surface area contributed by atoms with E-state index in [1.807, 2.05) is 24.3 Å². The lowest BCUT2D eigenvalue weighted by atomic mass is 9.96. The fourth-order valence-electron chi connectivity index (χ4n) is 3.38. The summed E-state index contributed by atoms with van der Waals surface area (Å²) in [7, 11) is 0. The summed E-state index contributed by atoms with van der Waals surface area (Å²) >= 11 is 0. The van der Waals surface area contributed by atoms with E-state index < -0.39 is 0 Å². The molecule has 1 aliphatic rings. The quantitative estimate of drug-likeness (QED) is 0.667. The van der Waals surface area contributed by atoms with Gasteiger partial charge in [-0.2, -0.15) is 0 Å². The number of carbonyl (C=O) groups is 2. The van der Waals surface area contributed by atoms with Crippen LogP contribution in [-0.4, -0.2) is 31.5 Å². The molecule has 0 aliphatic carbocycles. The van der Waals surface area contributed by atoms with E-state index in [2.05, 4.69) is 10.2 Å². The zero-order valence-corrected chi connectivity index (χ0v) is 16.3. The standard InChI is InChI=1S/C22H26FN3O3/c23-17-3-1-4-20(15-17)29-14-2-5-21(27)25-18-6-8-19(9-7-18)26-12-10-16(11-13-26)22(24)28/h1,3-4,6-9,15-16H,2,5,10-14H2,(H2,24,28)(H,25,27). The van der Waals surface area contributed by atoms with Gasteiger partial charge in [0.15, 0.2) is 0 Å². The van der Waals surface area contributed by atoms with Gasteiger partial charge in [0.05, 0.1) is 6.61 Å². The Morgan fingerprint density at radius 3 is 2.52 bits per heavy atom. The fraction of sp³-hybridized carbons (Fsp3) is 0.364. The molecule has 2 aromatic carbocycles. The van der Waals surface area contributed by atoms with Crippen LogP contribution in [0.2, 0.25) is 0 Å². The van der Waals surface area contributed by atoms with Crippen molar-refractivity contribution in [2.75, 3.05) is 29.9 Å². The summed E-state index contributed by atoms with van der Waals surface area (Å²) in [4.78, 5) is 25.6. The highest BCUT2D eigenvalue weighted by molar-refractivity contribution is 5.90. The van der Waals surface area contributed by atoms with Gasteiger partial charge < -0.3 is 20.7 Å². The average molecular weight is 399 g/mol. The van der Waals surface area contributed by atoms with E-state index in [0.717, 1.165) is 37.3 Å². The van der Waals surface area contributed by atoms with Gasteiger partial charge in [-0.25, -0.2) is 4.39 Å². The van der Waals surface area contributed by atoms with Crippen molar-refractivity contribution in [1.82, 2.24) is 0 Å². The van der Waals surface area contributed by atoms with Crippen LogP contribution in [0.1, 0.15) is 25.7 Å². The molecule has 3 rings (SSSR count). The van der Waals surface area contributed by atoms with E-state index >= 15 is 0 Å². The monoisotopic (exact) mass is 399 g/mol. The predicted molar refractivity (Wildman–Crippen MR) is 110 cm³/mol. The van der Waals surface area contributed by atoms with E-state index in [4.69, 9.17) is 10.5 Å². The number of amides is 2. The highest BCUT2D eigenvalue weighted by Gasteiger charge is 2.23. The maximum Gasteiger partial charge on any atom is 0.224 e. The number of halogens is 1. The van der Waals surface area contributed by atoms with Crippen LogP contribution in [0.5, 0.6) is 5.75 Å². The second-order valence-electron chi connectivity index (χ2n) is 7.17. The molecule has 1 saturated heterocycles. The first kappa shape index (κ1) is 20.6. The van der Waals surface area contributed by atoms with E-state index in [1.54, 1.807) is 12.1 Å². The van der Waals surface area contributed by atoms with Crippen molar-refractivity contribution < 1.29 is 18.7 Å². The first-order chi connectivity index (χ1) is 14.0. The Balaban J connectivity index is 1.39. The molecular formula is C22H26FN3O3. The minimum atomic E-state index is -0.346. The van der Waals surface area contributed by atoms with Crippen LogP contribution >= 0.6 is 0 Å².